The van der Waals surface area contributed by atoms with Gasteiger partial charge in [-0.2, -0.15) is 4.31 Å². The number of nitrogens with zero attached hydrogens (tertiary/aromatic N) is 4. The lowest BCUT2D eigenvalue weighted by molar-refractivity contribution is -0.0557. The SMILES string of the molecule is CNc1ccccc1C(=O)O[C@@H]1[C@H](O)[C@@H](COP(=O)(O)OP(=O)(O)NP(=O)(O)O)O[C@H]1n1cnc2c(N)ncnc21. The van der Waals surface area contributed by atoms with Gasteiger partial charge in [-0.15, -0.1) is 4.86 Å². The Morgan fingerprint density at radius 1 is 1.15 bits per heavy atom. The Labute approximate surface area is 229 Å². The van der Waals surface area contributed by atoms with Crippen LogP contribution in [0.25, 0.3) is 11.2 Å². The van der Waals surface area contributed by atoms with Gasteiger partial charge in [0.05, 0.1) is 18.5 Å². The molecular weight excluding hydrogens is 615 g/mol. The second-order valence-corrected chi connectivity index (χ2v) is 13.1. The number of anilines is 2. The maximum Gasteiger partial charge on any atom is 0.480 e. The molecule has 3 heterocycles. The molecule has 1 aliphatic heterocycles. The number of benzene rings is 1. The number of carbonyl (C=O) groups excluding carboxylic acids is 1. The van der Waals surface area contributed by atoms with Gasteiger partial charge in [-0.1, -0.05) is 12.1 Å². The summed E-state index contributed by atoms with van der Waals surface area (Å²) < 4.78 is 56.1. The van der Waals surface area contributed by atoms with E-state index >= 15 is 0 Å². The van der Waals surface area contributed by atoms with E-state index in [0.29, 0.717) is 5.69 Å². The largest absolute Gasteiger partial charge is 0.480 e. The van der Waals surface area contributed by atoms with Gasteiger partial charge in [0.1, 0.15) is 24.1 Å². The number of nitrogens with two attached hydrogens (primary N) is 1. The number of carbonyl (C=O) groups is 1. The van der Waals surface area contributed by atoms with Crippen LogP contribution in [0.5, 0.6) is 0 Å². The third-order valence-electron chi connectivity index (χ3n) is 5.51. The van der Waals surface area contributed by atoms with Crippen LogP contribution in [0.1, 0.15) is 16.6 Å². The molecule has 1 saturated heterocycles. The molecule has 0 bridgehead atoms. The number of hydrogen-bond acceptors (Lipinski definition) is 14. The molecular formula is C18H24N7O13P3. The Morgan fingerprint density at radius 3 is 2.54 bits per heavy atom. The molecule has 0 amide bonds. The van der Waals surface area contributed by atoms with Gasteiger partial charge < -0.3 is 45.2 Å². The number of para-hydroxylation sites is 1. The van der Waals surface area contributed by atoms with Crippen LogP contribution in [-0.4, -0.2) is 82.1 Å². The van der Waals surface area contributed by atoms with Crippen LogP contribution in [0, 0.1) is 0 Å². The lowest BCUT2D eigenvalue weighted by atomic mass is 10.1. The zero-order chi connectivity index (χ0) is 30.2. The molecule has 23 heteroatoms. The molecule has 6 atom stereocenters. The number of rotatable bonds is 11. The third kappa shape index (κ3) is 7.34. The number of aliphatic hydroxyl groups excluding tert-OH is 1. The smallest absolute Gasteiger partial charge is 0.451 e. The minimum Gasteiger partial charge on any atom is -0.451 e. The van der Waals surface area contributed by atoms with E-state index in [1.807, 2.05) is 0 Å². The number of hydrogen-bond donors (Lipinski definition) is 8. The number of nitrogens with one attached hydrogen (secondary N) is 2. The van der Waals surface area contributed by atoms with E-state index in [1.165, 1.54) is 17.0 Å². The highest BCUT2D eigenvalue weighted by atomic mass is 31.3. The molecule has 20 nitrogen and oxygen atoms in total. The maximum absolute atomic E-state index is 13.1. The summed E-state index contributed by atoms with van der Waals surface area (Å²) in [4.78, 5) is 62.8. The van der Waals surface area contributed by atoms with Crippen LogP contribution in [0.4, 0.5) is 11.5 Å². The molecule has 2 unspecified atom stereocenters. The Morgan fingerprint density at radius 2 is 1.85 bits per heavy atom. The first kappa shape index (κ1) is 31.1. The molecule has 1 fully saturated rings. The summed E-state index contributed by atoms with van der Waals surface area (Å²) >= 11 is 0. The van der Waals surface area contributed by atoms with Crippen molar-refractivity contribution in [2.45, 2.75) is 24.5 Å². The van der Waals surface area contributed by atoms with E-state index < -0.39 is 60.4 Å². The predicted octanol–water partition coefficient (Wildman–Crippen LogP) is -0.150. The Bertz CT molecular complexity index is 1580. The molecule has 224 valence electrons. The van der Waals surface area contributed by atoms with Crippen molar-refractivity contribution >= 4 is 52.0 Å². The van der Waals surface area contributed by atoms with Crippen LogP contribution in [0.2, 0.25) is 0 Å². The molecule has 41 heavy (non-hydrogen) atoms. The van der Waals surface area contributed by atoms with Gasteiger partial charge in [0.2, 0.25) is 0 Å². The number of phosphoric ester groups is 1. The summed E-state index contributed by atoms with van der Waals surface area (Å²) in [5, 5.41) is 13.9. The monoisotopic (exact) mass is 639 g/mol. The first-order chi connectivity index (χ1) is 19.1. The molecule has 0 saturated carbocycles. The summed E-state index contributed by atoms with van der Waals surface area (Å²) in [5.41, 5.74) is 6.62. The zero-order valence-corrected chi connectivity index (χ0v) is 23.4. The molecule has 1 aromatic carbocycles. The van der Waals surface area contributed by atoms with Crippen LogP contribution in [0.3, 0.4) is 0 Å². The zero-order valence-electron chi connectivity index (χ0n) is 20.7. The van der Waals surface area contributed by atoms with Crippen molar-refractivity contribution in [3.63, 3.8) is 0 Å². The number of nitrogen functional groups attached to an aromatic ring is 1. The molecule has 1 aliphatic rings. The third-order valence-corrected chi connectivity index (χ3v) is 9.75. The highest BCUT2D eigenvalue weighted by molar-refractivity contribution is 7.70. The van der Waals surface area contributed by atoms with Crippen molar-refractivity contribution in [2.75, 3.05) is 24.7 Å². The van der Waals surface area contributed by atoms with Crippen LogP contribution < -0.4 is 15.9 Å². The highest BCUT2D eigenvalue weighted by Crippen LogP contribution is 2.61. The van der Waals surface area contributed by atoms with E-state index in [-0.39, 0.29) is 22.5 Å². The van der Waals surface area contributed by atoms with Gasteiger partial charge in [-0.25, -0.2) is 33.4 Å². The van der Waals surface area contributed by atoms with Gasteiger partial charge in [0.15, 0.2) is 23.8 Å². The molecule has 4 rings (SSSR count). The number of ether oxygens (including phenoxy) is 2. The van der Waals surface area contributed by atoms with Gasteiger partial charge >= 0.3 is 29.3 Å². The second-order valence-electron chi connectivity index (χ2n) is 8.31. The summed E-state index contributed by atoms with van der Waals surface area (Å²) in [6.45, 7) is -0.994. The summed E-state index contributed by atoms with van der Waals surface area (Å²) in [6, 6.07) is 6.32. The summed E-state index contributed by atoms with van der Waals surface area (Å²) in [7, 11) is -14.8. The molecule has 9 N–H and O–H groups in total. The summed E-state index contributed by atoms with van der Waals surface area (Å²) in [5.74, 6) is -0.868. The Hall–Kier alpha value is -2.83. The van der Waals surface area contributed by atoms with Gasteiger partial charge in [0, 0.05) is 12.7 Å². The standard InChI is InChI=1S/C18H24N7O13P3/c1-20-10-5-3-2-4-9(10)18(27)37-14-13(26)11(6-35-41(33,34)38-40(31,32)24-39(28,29)30)36-17(14)25-8-23-12-15(19)21-7-22-16(12)25/h2-5,7-8,11,13-14,17,20,26H,6H2,1H3,(H,33,34)(H2,19,21,22)(H4,24,28,29,30,31,32)/t11-,13-,14-,17-/m1/s1. The lowest BCUT2D eigenvalue weighted by Crippen LogP contribution is -2.37. The van der Waals surface area contributed by atoms with Crippen molar-refractivity contribution in [1.29, 1.82) is 0 Å². The number of aromatic nitrogens is 4. The van der Waals surface area contributed by atoms with Crippen molar-refractivity contribution in [3.05, 3.63) is 42.5 Å². The highest BCUT2D eigenvalue weighted by Gasteiger charge is 2.49. The van der Waals surface area contributed by atoms with Crippen LogP contribution in [0.15, 0.2) is 36.9 Å². The Kier molecular flexibility index (Phi) is 8.96. The minimum absolute atomic E-state index is 0.0133. The van der Waals surface area contributed by atoms with Crippen molar-refractivity contribution in [2.24, 2.45) is 0 Å². The quantitative estimate of drug-likeness (QED) is 0.0999. The topological polar surface area (TPSA) is 300 Å². The van der Waals surface area contributed by atoms with Gasteiger partial charge in [0.25, 0.3) is 0 Å². The fourth-order valence-electron chi connectivity index (χ4n) is 3.84. The fraction of sp³-hybridized carbons (Fsp3) is 0.333. The average Bonchev–Trinajstić information content (AvgIpc) is 3.42. The molecule has 3 aromatic rings. The van der Waals surface area contributed by atoms with E-state index in [9.17, 15) is 33.4 Å². The maximum atomic E-state index is 13.1. The minimum atomic E-state index is -5.54. The number of fused-ring (bicyclic) bond motifs is 1. The lowest BCUT2D eigenvalue weighted by Gasteiger charge is -2.22. The molecule has 0 radical (unpaired) electrons. The first-order valence-corrected chi connectivity index (χ1v) is 15.9. The number of imidazole rings is 1. The van der Waals surface area contributed by atoms with E-state index in [2.05, 4.69) is 29.1 Å². The van der Waals surface area contributed by atoms with Crippen molar-refractivity contribution in [3.8, 4) is 0 Å². The molecule has 0 aliphatic carbocycles. The van der Waals surface area contributed by atoms with Crippen LogP contribution >= 0.6 is 23.3 Å². The molecule has 0 spiro atoms. The molecule has 2 aromatic heterocycles. The fourth-order valence-corrected chi connectivity index (χ4v) is 7.28. The van der Waals surface area contributed by atoms with E-state index in [4.69, 9.17) is 25.0 Å². The van der Waals surface area contributed by atoms with Crippen molar-refractivity contribution < 1.29 is 61.5 Å². The number of phosphoric acid groups is 1. The predicted molar refractivity (Wildman–Crippen MR) is 137 cm³/mol. The normalized spacial score (nSPS) is 24.0. The van der Waals surface area contributed by atoms with Gasteiger partial charge in [-0.3, -0.25) is 9.09 Å². The van der Waals surface area contributed by atoms with Gasteiger partial charge in [-0.05, 0) is 12.1 Å². The first-order valence-electron chi connectivity index (χ1n) is 11.2. The number of esters is 1. The van der Waals surface area contributed by atoms with E-state index in [1.54, 1.807) is 25.2 Å². The second kappa shape index (κ2) is 11.8. The number of aliphatic hydroxyl groups is 1. The average molecular weight is 639 g/mol. The van der Waals surface area contributed by atoms with Crippen molar-refractivity contribution in [1.82, 2.24) is 24.4 Å². The summed E-state index contributed by atoms with van der Waals surface area (Å²) in [6.07, 6.45) is -3.79. The Balaban J connectivity index is 1.59. The van der Waals surface area contributed by atoms with E-state index in [0.717, 1.165) is 11.2 Å². The van der Waals surface area contributed by atoms with Crippen LogP contribution in [-0.2, 0) is 32.0 Å².